The molecule has 1 aliphatic rings. The molecule has 1 atom stereocenters. The number of β-lactam (4-membered cyclic amide) rings is 1. The molecule has 0 aliphatic carbocycles. The molecule has 5 nitrogen and oxygen atoms in total. The van der Waals surface area contributed by atoms with Crippen molar-refractivity contribution >= 4 is 23.2 Å². The highest BCUT2D eigenvalue weighted by atomic mass is 16.2. The molecule has 1 unspecified atom stereocenters. The van der Waals surface area contributed by atoms with E-state index in [0.717, 1.165) is 22.5 Å². The Kier molecular flexibility index (Phi) is 4.43. The highest BCUT2D eigenvalue weighted by Gasteiger charge is 2.59. The molecule has 4 rings (SSSR count). The summed E-state index contributed by atoms with van der Waals surface area (Å²) < 4.78 is 0. The molecule has 1 aliphatic heterocycles. The number of carbonyl (C=O) groups is 2. The number of aromatic nitrogens is 1. The first-order valence-corrected chi connectivity index (χ1v) is 9.20. The van der Waals surface area contributed by atoms with E-state index in [1.54, 1.807) is 23.4 Å². The van der Waals surface area contributed by atoms with Gasteiger partial charge in [0.1, 0.15) is 0 Å². The number of para-hydroxylation sites is 2. The van der Waals surface area contributed by atoms with Crippen LogP contribution in [0.15, 0.2) is 73.1 Å². The van der Waals surface area contributed by atoms with Gasteiger partial charge in [-0.3, -0.25) is 19.5 Å². The minimum atomic E-state index is -1.13. The molecular weight excluding hydrogens is 350 g/mol. The van der Waals surface area contributed by atoms with Crippen LogP contribution in [-0.4, -0.2) is 16.8 Å². The van der Waals surface area contributed by atoms with Crippen molar-refractivity contribution in [2.45, 2.75) is 25.8 Å². The molecule has 1 fully saturated rings. The lowest BCUT2D eigenvalue weighted by atomic mass is 9.76. The van der Waals surface area contributed by atoms with Crippen LogP contribution in [0, 0.1) is 13.8 Å². The number of rotatable bonds is 4. The van der Waals surface area contributed by atoms with Crippen molar-refractivity contribution in [2.24, 2.45) is 0 Å². The topological polar surface area (TPSA) is 62.3 Å². The summed E-state index contributed by atoms with van der Waals surface area (Å²) in [7, 11) is 0. The zero-order chi connectivity index (χ0) is 19.7. The molecule has 28 heavy (non-hydrogen) atoms. The van der Waals surface area contributed by atoms with Gasteiger partial charge in [0.2, 0.25) is 5.91 Å². The Morgan fingerprint density at radius 2 is 1.71 bits per heavy atom. The maximum Gasteiger partial charge on any atom is 0.256 e. The second-order valence-corrected chi connectivity index (χ2v) is 7.06. The van der Waals surface area contributed by atoms with Crippen LogP contribution in [0.5, 0.6) is 0 Å². The van der Waals surface area contributed by atoms with E-state index < -0.39 is 5.54 Å². The normalized spacial score (nSPS) is 18.5. The number of anilines is 2. The summed E-state index contributed by atoms with van der Waals surface area (Å²) >= 11 is 0. The standard InChI is InChI=1S/C23H21N3O2/c1-16-8-3-5-11-19(16)25-22(28)23(18-10-7-13-24-15-18)14-21(27)26(23)20-12-6-4-9-17(20)2/h3-13,15H,14H2,1-2H3,(H,25,28). The largest absolute Gasteiger partial charge is 0.323 e. The van der Waals surface area contributed by atoms with Crippen molar-refractivity contribution in [3.63, 3.8) is 0 Å². The number of hydrogen-bond donors (Lipinski definition) is 1. The summed E-state index contributed by atoms with van der Waals surface area (Å²) in [4.78, 5) is 32.1. The number of pyridine rings is 1. The average Bonchev–Trinajstić information content (AvgIpc) is 2.70. The van der Waals surface area contributed by atoms with Crippen molar-refractivity contribution < 1.29 is 9.59 Å². The fourth-order valence-electron chi connectivity index (χ4n) is 3.74. The van der Waals surface area contributed by atoms with Gasteiger partial charge in [-0.1, -0.05) is 42.5 Å². The summed E-state index contributed by atoms with van der Waals surface area (Å²) in [5.41, 5.74) is 2.95. The van der Waals surface area contributed by atoms with Crippen molar-refractivity contribution in [1.29, 1.82) is 0 Å². The van der Waals surface area contributed by atoms with Crippen LogP contribution in [0.4, 0.5) is 11.4 Å². The van der Waals surface area contributed by atoms with Gasteiger partial charge in [0.25, 0.3) is 5.91 Å². The Labute approximate surface area is 164 Å². The number of aryl methyl sites for hydroxylation is 2. The second-order valence-electron chi connectivity index (χ2n) is 7.06. The zero-order valence-corrected chi connectivity index (χ0v) is 15.8. The Hall–Kier alpha value is -3.47. The molecule has 0 saturated carbocycles. The number of amides is 2. The van der Waals surface area contributed by atoms with Gasteiger partial charge in [0, 0.05) is 29.3 Å². The molecule has 2 aromatic carbocycles. The van der Waals surface area contributed by atoms with Crippen molar-refractivity contribution in [2.75, 3.05) is 10.2 Å². The summed E-state index contributed by atoms with van der Waals surface area (Å²) in [6.07, 6.45) is 3.43. The number of nitrogens with zero attached hydrogens (tertiary/aromatic N) is 2. The van der Waals surface area contributed by atoms with Crippen LogP contribution < -0.4 is 10.2 Å². The molecule has 1 aromatic heterocycles. The van der Waals surface area contributed by atoms with Gasteiger partial charge < -0.3 is 5.32 Å². The van der Waals surface area contributed by atoms with Crippen molar-refractivity contribution in [3.05, 3.63) is 89.7 Å². The Morgan fingerprint density at radius 1 is 1.00 bits per heavy atom. The molecular formula is C23H21N3O2. The van der Waals surface area contributed by atoms with Gasteiger partial charge in [-0.05, 0) is 43.2 Å². The molecule has 1 N–H and O–H groups in total. The molecule has 2 heterocycles. The van der Waals surface area contributed by atoms with Gasteiger partial charge in [-0.2, -0.15) is 0 Å². The van der Waals surface area contributed by atoms with Crippen LogP contribution in [0.25, 0.3) is 0 Å². The number of nitrogens with one attached hydrogen (secondary N) is 1. The quantitative estimate of drug-likeness (QED) is 0.706. The third kappa shape index (κ3) is 2.76. The van der Waals surface area contributed by atoms with Crippen molar-refractivity contribution in [1.82, 2.24) is 4.98 Å². The minimum Gasteiger partial charge on any atom is -0.323 e. The van der Waals surface area contributed by atoms with Crippen LogP contribution in [0.3, 0.4) is 0 Å². The van der Waals surface area contributed by atoms with E-state index >= 15 is 0 Å². The van der Waals surface area contributed by atoms with Gasteiger partial charge in [-0.25, -0.2) is 0 Å². The highest BCUT2D eigenvalue weighted by Crippen LogP contribution is 2.46. The fraction of sp³-hybridized carbons (Fsp3) is 0.174. The number of hydrogen-bond acceptors (Lipinski definition) is 3. The Balaban J connectivity index is 1.82. The Morgan fingerprint density at radius 3 is 2.36 bits per heavy atom. The predicted molar refractivity (Wildman–Crippen MR) is 109 cm³/mol. The third-order valence-electron chi connectivity index (χ3n) is 5.30. The lowest BCUT2D eigenvalue weighted by Gasteiger charge is -2.51. The van der Waals surface area contributed by atoms with Gasteiger partial charge >= 0.3 is 0 Å². The van der Waals surface area contributed by atoms with Crippen molar-refractivity contribution in [3.8, 4) is 0 Å². The maximum atomic E-state index is 13.6. The molecule has 0 radical (unpaired) electrons. The monoisotopic (exact) mass is 371 g/mol. The molecule has 5 heteroatoms. The third-order valence-corrected chi connectivity index (χ3v) is 5.30. The van der Waals surface area contributed by atoms with E-state index in [1.165, 1.54) is 0 Å². The smallest absolute Gasteiger partial charge is 0.256 e. The second kappa shape index (κ2) is 6.93. The molecule has 1 saturated heterocycles. The van der Waals surface area contributed by atoms with Gasteiger partial charge in [0.15, 0.2) is 5.54 Å². The van der Waals surface area contributed by atoms with E-state index in [9.17, 15) is 9.59 Å². The SMILES string of the molecule is Cc1ccccc1NC(=O)C1(c2cccnc2)CC(=O)N1c1ccccc1C. The highest BCUT2D eigenvalue weighted by molar-refractivity contribution is 6.17. The van der Waals surface area contributed by atoms with Gasteiger partial charge in [-0.15, -0.1) is 0 Å². The summed E-state index contributed by atoms with van der Waals surface area (Å²) in [5.74, 6) is -0.323. The first-order chi connectivity index (χ1) is 13.5. The zero-order valence-electron chi connectivity index (χ0n) is 15.8. The van der Waals surface area contributed by atoms with Crippen LogP contribution >= 0.6 is 0 Å². The van der Waals surface area contributed by atoms with E-state index in [2.05, 4.69) is 10.3 Å². The van der Waals surface area contributed by atoms with Crippen LogP contribution in [0.2, 0.25) is 0 Å². The molecule has 3 aromatic rings. The van der Waals surface area contributed by atoms with E-state index in [0.29, 0.717) is 5.56 Å². The molecule has 140 valence electrons. The Bertz CT molecular complexity index is 1050. The van der Waals surface area contributed by atoms with E-state index in [-0.39, 0.29) is 18.2 Å². The summed E-state index contributed by atoms with van der Waals surface area (Å²) in [6, 6.07) is 18.9. The van der Waals surface area contributed by atoms with E-state index in [1.807, 2.05) is 68.4 Å². The lowest BCUT2D eigenvalue weighted by molar-refractivity contribution is -0.137. The lowest BCUT2D eigenvalue weighted by Crippen LogP contribution is -2.67. The van der Waals surface area contributed by atoms with E-state index in [4.69, 9.17) is 0 Å². The fourth-order valence-corrected chi connectivity index (χ4v) is 3.74. The van der Waals surface area contributed by atoms with Gasteiger partial charge in [0.05, 0.1) is 6.42 Å². The summed E-state index contributed by atoms with van der Waals surface area (Å²) in [6.45, 7) is 3.88. The number of benzene rings is 2. The minimum absolute atomic E-state index is 0.0851. The average molecular weight is 371 g/mol. The first-order valence-electron chi connectivity index (χ1n) is 9.20. The van der Waals surface area contributed by atoms with Crippen LogP contribution in [0.1, 0.15) is 23.1 Å². The predicted octanol–water partition coefficient (Wildman–Crippen LogP) is 3.97. The first kappa shape index (κ1) is 17.9. The molecule has 0 bridgehead atoms. The maximum absolute atomic E-state index is 13.6. The molecule has 2 amide bonds. The van der Waals surface area contributed by atoms with Crippen LogP contribution in [-0.2, 0) is 15.1 Å². The summed E-state index contributed by atoms with van der Waals surface area (Å²) in [5, 5.41) is 3.03. The molecule has 0 spiro atoms. The number of carbonyl (C=O) groups excluding carboxylic acids is 2.